The van der Waals surface area contributed by atoms with Crippen LogP contribution in [0.5, 0.6) is 0 Å². The van der Waals surface area contributed by atoms with Gasteiger partial charge in [-0.15, -0.1) is 11.3 Å². The maximum Gasteiger partial charge on any atom is 0.373 e. The Kier molecular flexibility index (Phi) is 12.1. The number of nitrogens with zero attached hydrogens (tertiary/aromatic N) is 5. The third-order valence-electron chi connectivity index (χ3n) is 8.89. The van der Waals surface area contributed by atoms with Crippen molar-refractivity contribution in [2.45, 2.75) is 64.8 Å². The number of benzene rings is 3. The zero-order valence-corrected chi connectivity index (χ0v) is 29.8. The summed E-state index contributed by atoms with van der Waals surface area (Å²) in [5.41, 5.74) is 6.06. The number of thiazole rings is 1. The fourth-order valence-electron chi connectivity index (χ4n) is 6.61. The minimum absolute atomic E-state index is 0.178. The van der Waals surface area contributed by atoms with Gasteiger partial charge in [-0.05, 0) is 68.1 Å². The molecule has 0 amide bonds. The van der Waals surface area contributed by atoms with Crippen molar-refractivity contribution >= 4 is 61.7 Å². The van der Waals surface area contributed by atoms with Crippen LogP contribution in [0.2, 0.25) is 0 Å². The molecule has 270 valence electrons. The lowest BCUT2D eigenvalue weighted by Crippen LogP contribution is -2.21. The first-order valence-electron chi connectivity index (χ1n) is 17.1. The Hall–Kier alpha value is -5.27. The van der Waals surface area contributed by atoms with E-state index in [2.05, 4.69) is 44.5 Å². The van der Waals surface area contributed by atoms with Gasteiger partial charge in [0, 0.05) is 57.9 Å². The van der Waals surface area contributed by atoms with Crippen LogP contribution in [0.3, 0.4) is 0 Å². The highest BCUT2D eigenvalue weighted by atomic mass is 32.1. The van der Waals surface area contributed by atoms with E-state index in [1.54, 1.807) is 11.3 Å². The summed E-state index contributed by atoms with van der Waals surface area (Å²) >= 11 is 1.68. The number of hydrogen-bond acceptors (Lipinski definition) is 12. The van der Waals surface area contributed by atoms with Gasteiger partial charge in [-0.2, -0.15) is 9.59 Å². The molecule has 0 saturated carbocycles. The molecule has 3 aromatic heterocycles. The number of imidazole rings is 2. The second kappa shape index (κ2) is 17.3. The van der Waals surface area contributed by atoms with Crippen molar-refractivity contribution < 1.29 is 38.1 Å². The van der Waals surface area contributed by atoms with Crippen LogP contribution in [0.4, 0.5) is 0 Å². The number of rotatable bonds is 7. The maximum atomic E-state index is 11.4. The van der Waals surface area contributed by atoms with Crippen molar-refractivity contribution in [1.29, 1.82) is 0 Å². The van der Waals surface area contributed by atoms with Crippen LogP contribution in [0.1, 0.15) is 63.3 Å². The monoisotopic (exact) mass is 725 g/mol. The van der Waals surface area contributed by atoms with E-state index in [4.69, 9.17) is 38.5 Å². The summed E-state index contributed by atoms with van der Waals surface area (Å²) in [5.74, 6) is 1.01. The normalized spacial score (nSPS) is 15.0. The lowest BCUT2D eigenvalue weighted by atomic mass is 10.1. The lowest BCUT2D eigenvalue weighted by molar-refractivity contribution is -0.191. The second-order valence-electron chi connectivity index (χ2n) is 12.3. The Balaban J connectivity index is 0.000000176. The summed E-state index contributed by atoms with van der Waals surface area (Å²) in [4.78, 5) is 52.8. The molecule has 0 radical (unpaired) electrons. The van der Waals surface area contributed by atoms with E-state index in [9.17, 15) is 9.59 Å². The Labute approximate surface area is 303 Å². The van der Waals surface area contributed by atoms with Gasteiger partial charge in [0.05, 0.1) is 32.3 Å². The van der Waals surface area contributed by atoms with Gasteiger partial charge in [-0.25, -0.2) is 15.0 Å². The molecule has 13 nitrogen and oxygen atoms in total. The van der Waals surface area contributed by atoms with E-state index in [-0.39, 0.29) is 31.3 Å². The first-order chi connectivity index (χ1) is 25.4. The summed E-state index contributed by atoms with van der Waals surface area (Å²) in [7, 11) is 0. The highest BCUT2D eigenvalue weighted by Crippen LogP contribution is 2.34. The number of fused-ring (bicyclic) bond motifs is 3. The van der Waals surface area contributed by atoms with Crippen LogP contribution in [0, 0.1) is 0 Å². The first kappa shape index (κ1) is 36.5. The smallest absolute Gasteiger partial charge is 0.373 e. The average Bonchev–Trinajstić information content (AvgIpc) is 3.87. The molecular formula is C38H39N5O8S. The van der Waals surface area contributed by atoms with Crippen molar-refractivity contribution in [3.63, 3.8) is 0 Å². The number of esters is 2. The Morgan fingerprint density at radius 2 is 1.21 bits per heavy atom. The number of hydrogen-bond donors (Lipinski definition) is 0. The summed E-state index contributed by atoms with van der Waals surface area (Å²) in [6.07, 6.45) is 4.04. The van der Waals surface area contributed by atoms with E-state index in [1.807, 2.05) is 36.4 Å². The highest BCUT2D eigenvalue weighted by molar-refractivity contribution is 7.21. The number of ether oxygens (including phenoxy) is 4. The summed E-state index contributed by atoms with van der Waals surface area (Å²) in [6, 6.07) is 23.2. The zero-order valence-electron chi connectivity index (χ0n) is 29.0. The summed E-state index contributed by atoms with van der Waals surface area (Å²) in [5, 5.41) is 0.982. The van der Waals surface area contributed by atoms with Crippen LogP contribution in [0.15, 0.2) is 66.7 Å². The first-order valence-corrected chi connectivity index (χ1v) is 17.9. The molecule has 6 aromatic rings. The third-order valence-corrected chi connectivity index (χ3v) is 9.98. The molecule has 0 unspecified atom stereocenters. The Morgan fingerprint density at radius 1 is 0.712 bits per heavy atom. The van der Waals surface area contributed by atoms with Gasteiger partial charge >= 0.3 is 18.1 Å². The predicted octanol–water partition coefficient (Wildman–Crippen LogP) is 6.60. The SMILES string of the molecule is CC(=O)OCc1nc2cc(-c3nc4ccccc4s3)ccc2n1C1CCOCC1.CC(=O)OCc1nc2ccccc2n1C1CCOCC1.O=C=O. The van der Waals surface area contributed by atoms with Crippen molar-refractivity contribution in [3.8, 4) is 10.6 Å². The lowest BCUT2D eigenvalue weighted by Gasteiger charge is -2.25. The van der Waals surface area contributed by atoms with Crippen molar-refractivity contribution in [1.82, 2.24) is 24.1 Å². The topological polar surface area (TPSA) is 154 Å². The molecule has 2 fully saturated rings. The molecule has 0 aliphatic carbocycles. The van der Waals surface area contributed by atoms with Crippen molar-refractivity contribution in [3.05, 3.63) is 78.4 Å². The largest absolute Gasteiger partial charge is 0.458 e. The molecule has 0 atom stereocenters. The standard InChI is InChI=1S/C22H21N3O3S.C15H18N2O3.CO2/c1-14(26)28-13-21-23-18-12-15(22-24-17-4-2-3-5-20(17)29-22)6-7-19(18)25(21)16-8-10-27-11-9-16;1-11(18)20-10-15-16-13-4-2-3-5-14(13)17(15)12-6-8-19-9-7-12;2-1-3/h2-7,12,16H,8-11,13H2,1H3;2-5,12H,6-10H2,1H3;. The molecule has 5 heterocycles. The third kappa shape index (κ3) is 8.60. The average molecular weight is 726 g/mol. The zero-order chi connectivity index (χ0) is 36.5. The van der Waals surface area contributed by atoms with Gasteiger partial charge in [0.15, 0.2) is 0 Å². The molecule has 3 aromatic carbocycles. The van der Waals surface area contributed by atoms with E-state index in [0.29, 0.717) is 12.1 Å². The molecule has 0 spiro atoms. The van der Waals surface area contributed by atoms with Crippen LogP contribution >= 0.6 is 11.3 Å². The Bertz CT molecular complexity index is 2160. The molecule has 0 bridgehead atoms. The van der Waals surface area contributed by atoms with E-state index >= 15 is 0 Å². The van der Waals surface area contributed by atoms with Crippen LogP contribution < -0.4 is 0 Å². The van der Waals surface area contributed by atoms with Gasteiger partial charge in [0.2, 0.25) is 0 Å². The van der Waals surface area contributed by atoms with Crippen molar-refractivity contribution in [2.24, 2.45) is 0 Å². The van der Waals surface area contributed by atoms with Gasteiger partial charge in [-0.1, -0.05) is 24.3 Å². The van der Waals surface area contributed by atoms with E-state index in [0.717, 1.165) is 102 Å². The van der Waals surface area contributed by atoms with Crippen molar-refractivity contribution in [2.75, 3.05) is 26.4 Å². The maximum absolute atomic E-state index is 11.4. The van der Waals surface area contributed by atoms with Gasteiger partial charge < -0.3 is 28.1 Å². The molecule has 2 saturated heterocycles. The summed E-state index contributed by atoms with van der Waals surface area (Å²) < 4.78 is 27.0. The van der Waals surface area contributed by atoms with E-state index < -0.39 is 0 Å². The quantitative estimate of drug-likeness (QED) is 0.164. The van der Waals surface area contributed by atoms with Gasteiger partial charge in [-0.3, -0.25) is 9.59 Å². The highest BCUT2D eigenvalue weighted by Gasteiger charge is 2.24. The number of carbonyl (C=O) groups excluding carboxylic acids is 4. The van der Waals surface area contributed by atoms with Crippen LogP contribution in [0.25, 0.3) is 42.9 Å². The van der Waals surface area contributed by atoms with E-state index in [1.165, 1.54) is 18.5 Å². The van der Waals surface area contributed by atoms with Crippen LogP contribution in [-0.4, -0.2) is 68.6 Å². The molecule has 8 rings (SSSR count). The number of carbonyl (C=O) groups is 2. The minimum Gasteiger partial charge on any atom is -0.458 e. The molecule has 14 heteroatoms. The number of aromatic nitrogens is 5. The van der Waals surface area contributed by atoms with Gasteiger partial charge in [0.25, 0.3) is 0 Å². The molecule has 2 aliphatic heterocycles. The second-order valence-corrected chi connectivity index (χ2v) is 13.3. The predicted molar refractivity (Wildman–Crippen MR) is 192 cm³/mol. The fourth-order valence-corrected chi connectivity index (χ4v) is 7.57. The fraction of sp³-hybridized carbons (Fsp3) is 0.368. The minimum atomic E-state index is -0.300. The summed E-state index contributed by atoms with van der Waals surface area (Å²) in [6.45, 7) is 6.25. The molecule has 52 heavy (non-hydrogen) atoms. The van der Waals surface area contributed by atoms with Crippen LogP contribution in [-0.2, 0) is 51.3 Å². The Morgan fingerprint density at radius 3 is 1.77 bits per heavy atom. The van der Waals surface area contributed by atoms with Gasteiger partial charge in [0.1, 0.15) is 29.9 Å². The number of para-hydroxylation sites is 3. The molecule has 2 aliphatic rings. The molecular weight excluding hydrogens is 687 g/mol. The molecule has 0 N–H and O–H groups in total.